The summed E-state index contributed by atoms with van der Waals surface area (Å²) in [7, 11) is 1.64. The minimum Gasteiger partial charge on any atom is -0.497 e. The van der Waals surface area contributed by atoms with Gasteiger partial charge in [-0.25, -0.2) is 9.97 Å². The van der Waals surface area contributed by atoms with Crippen LogP contribution in [0.5, 0.6) is 5.75 Å². The Balaban J connectivity index is 1.55. The molecular weight excluding hydrogens is 320 g/mol. The van der Waals surface area contributed by atoms with E-state index in [4.69, 9.17) is 9.47 Å². The van der Waals surface area contributed by atoms with Crippen molar-refractivity contribution >= 4 is 11.7 Å². The molecule has 1 aliphatic rings. The monoisotopic (exact) mass is 342 g/mol. The second-order valence-corrected chi connectivity index (χ2v) is 5.72. The molecule has 1 aromatic carbocycles. The van der Waals surface area contributed by atoms with Crippen LogP contribution < -0.4 is 15.0 Å². The first kappa shape index (κ1) is 17.2. The summed E-state index contributed by atoms with van der Waals surface area (Å²) in [6.07, 6.45) is 2.16. The molecule has 1 saturated heterocycles. The first-order valence-corrected chi connectivity index (χ1v) is 8.32. The molecule has 0 radical (unpaired) electrons. The molecule has 25 heavy (non-hydrogen) atoms. The van der Waals surface area contributed by atoms with Gasteiger partial charge in [0.2, 0.25) is 0 Å². The molecule has 2 aromatic rings. The van der Waals surface area contributed by atoms with Gasteiger partial charge in [0.25, 0.3) is 5.91 Å². The van der Waals surface area contributed by atoms with Gasteiger partial charge in [-0.2, -0.15) is 0 Å². The van der Waals surface area contributed by atoms with E-state index in [1.807, 2.05) is 24.3 Å². The van der Waals surface area contributed by atoms with Gasteiger partial charge >= 0.3 is 0 Å². The molecule has 1 fully saturated rings. The van der Waals surface area contributed by atoms with Gasteiger partial charge in [0, 0.05) is 25.7 Å². The third-order valence-electron chi connectivity index (χ3n) is 4.05. The summed E-state index contributed by atoms with van der Waals surface area (Å²) in [5.41, 5.74) is 1.48. The van der Waals surface area contributed by atoms with Crippen LogP contribution >= 0.6 is 0 Å². The average molecular weight is 342 g/mol. The van der Waals surface area contributed by atoms with Crippen molar-refractivity contribution in [2.24, 2.45) is 0 Å². The van der Waals surface area contributed by atoms with Gasteiger partial charge in [-0.15, -0.1) is 0 Å². The van der Waals surface area contributed by atoms with Crippen LogP contribution in [0.25, 0.3) is 0 Å². The Labute approximate surface area is 147 Å². The van der Waals surface area contributed by atoms with Crippen molar-refractivity contribution in [2.75, 3.05) is 44.9 Å². The molecule has 1 aliphatic heterocycles. The third-order valence-corrected chi connectivity index (χ3v) is 4.05. The van der Waals surface area contributed by atoms with Gasteiger partial charge < -0.3 is 19.7 Å². The molecule has 7 heteroatoms. The Morgan fingerprint density at radius 3 is 2.92 bits per heavy atom. The van der Waals surface area contributed by atoms with E-state index in [1.165, 1.54) is 6.33 Å². The lowest BCUT2D eigenvalue weighted by Gasteiger charge is -2.27. The molecule has 0 spiro atoms. The molecular formula is C18H22N4O3. The summed E-state index contributed by atoms with van der Waals surface area (Å²) in [6.45, 7) is 3.42. The third kappa shape index (κ3) is 4.67. The summed E-state index contributed by atoms with van der Waals surface area (Å²) < 4.78 is 10.5. The summed E-state index contributed by atoms with van der Waals surface area (Å²) in [5, 5.41) is 2.90. The number of hydrogen-bond acceptors (Lipinski definition) is 6. The van der Waals surface area contributed by atoms with Crippen molar-refractivity contribution in [2.45, 2.75) is 6.42 Å². The number of methoxy groups -OCH3 is 1. The maximum Gasteiger partial charge on any atom is 0.270 e. The van der Waals surface area contributed by atoms with Crippen LogP contribution in [-0.4, -0.2) is 55.8 Å². The van der Waals surface area contributed by atoms with Gasteiger partial charge in [-0.05, 0) is 24.1 Å². The second-order valence-electron chi connectivity index (χ2n) is 5.72. The molecule has 0 aliphatic carbocycles. The maximum atomic E-state index is 12.3. The molecule has 1 amide bonds. The molecule has 1 aromatic heterocycles. The van der Waals surface area contributed by atoms with Crippen LogP contribution in [0.3, 0.4) is 0 Å². The van der Waals surface area contributed by atoms with Crippen molar-refractivity contribution in [1.82, 2.24) is 15.3 Å². The van der Waals surface area contributed by atoms with Crippen molar-refractivity contribution < 1.29 is 14.3 Å². The molecule has 2 heterocycles. The first-order valence-electron chi connectivity index (χ1n) is 8.32. The van der Waals surface area contributed by atoms with Crippen LogP contribution in [0, 0.1) is 0 Å². The van der Waals surface area contributed by atoms with Crippen LogP contribution in [-0.2, 0) is 11.2 Å². The molecule has 0 saturated carbocycles. The molecule has 0 unspecified atom stereocenters. The fourth-order valence-corrected chi connectivity index (χ4v) is 2.68. The van der Waals surface area contributed by atoms with Crippen LogP contribution in [0.1, 0.15) is 16.1 Å². The number of nitrogens with one attached hydrogen (secondary N) is 1. The Bertz CT molecular complexity index is 717. The van der Waals surface area contributed by atoms with Crippen molar-refractivity contribution in [1.29, 1.82) is 0 Å². The lowest BCUT2D eigenvalue weighted by molar-refractivity contribution is 0.0949. The van der Waals surface area contributed by atoms with Gasteiger partial charge in [-0.3, -0.25) is 4.79 Å². The minimum atomic E-state index is -0.195. The largest absolute Gasteiger partial charge is 0.497 e. The summed E-state index contributed by atoms with van der Waals surface area (Å²) in [6, 6.07) is 9.54. The van der Waals surface area contributed by atoms with Gasteiger partial charge in [-0.1, -0.05) is 12.1 Å². The molecule has 132 valence electrons. The smallest absolute Gasteiger partial charge is 0.270 e. The number of amides is 1. The van der Waals surface area contributed by atoms with E-state index < -0.39 is 0 Å². The number of ether oxygens (including phenoxy) is 2. The number of carbonyl (C=O) groups excluding carboxylic acids is 1. The number of aromatic nitrogens is 2. The molecule has 0 bridgehead atoms. The Hall–Kier alpha value is -2.67. The molecule has 0 atom stereocenters. The van der Waals surface area contributed by atoms with Gasteiger partial charge in [0.05, 0.1) is 20.3 Å². The minimum absolute atomic E-state index is 0.195. The highest BCUT2D eigenvalue weighted by atomic mass is 16.5. The zero-order valence-electron chi connectivity index (χ0n) is 14.3. The fraction of sp³-hybridized carbons (Fsp3) is 0.389. The van der Waals surface area contributed by atoms with E-state index in [9.17, 15) is 4.79 Å². The molecule has 7 nitrogen and oxygen atoms in total. The zero-order valence-corrected chi connectivity index (χ0v) is 14.3. The summed E-state index contributed by atoms with van der Waals surface area (Å²) >= 11 is 0. The van der Waals surface area contributed by atoms with Crippen LogP contribution in [0.15, 0.2) is 36.7 Å². The highest BCUT2D eigenvalue weighted by Gasteiger charge is 2.15. The number of rotatable bonds is 6. The van der Waals surface area contributed by atoms with E-state index in [0.717, 1.165) is 36.6 Å². The van der Waals surface area contributed by atoms with Crippen molar-refractivity contribution in [3.8, 4) is 5.75 Å². The average Bonchev–Trinajstić information content (AvgIpc) is 2.69. The molecule has 1 N–H and O–H groups in total. The van der Waals surface area contributed by atoms with E-state index in [0.29, 0.717) is 25.5 Å². The number of hydrogen-bond donors (Lipinski definition) is 1. The van der Waals surface area contributed by atoms with Gasteiger partial charge in [0.1, 0.15) is 23.6 Å². The number of morpholine rings is 1. The Morgan fingerprint density at radius 1 is 1.28 bits per heavy atom. The predicted octanol–water partition coefficient (Wildman–Crippen LogP) is 1.29. The Kier molecular flexibility index (Phi) is 5.79. The van der Waals surface area contributed by atoms with Crippen LogP contribution in [0.2, 0.25) is 0 Å². The topological polar surface area (TPSA) is 76.6 Å². The highest BCUT2D eigenvalue weighted by Crippen LogP contribution is 2.14. The first-order chi connectivity index (χ1) is 12.3. The highest BCUT2D eigenvalue weighted by molar-refractivity contribution is 5.92. The van der Waals surface area contributed by atoms with Gasteiger partial charge in [0.15, 0.2) is 0 Å². The number of nitrogens with zero attached hydrogens (tertiary/aromatic N) is 3. The van der Waals surface area contributed by atoms with Crippen LogP contribution in [0.4, 0.5) is 5.82 Å². The maximum absolute atomic E-state index is 12.3. The molecule has 3 rings (SSSR count). The lowest BCUT2D eigenvalue weighted by Crippen LogP contribution is -2.37. The number of anilines is 1. The predicted molar refractivity (Wildman–Crippen MR) is 94.1 cm³/mol. The zero-order chi connectivity index (χ0) is 17.5. The second kappa shape index (κ2) is 8.43. The number of carbonyl (C=O) groups is 1. The van der Waals surface area contributed by atoms with E-state index in [1.54, 1.807) is 13.2 Å². The standard InChI is InChI=1S/C18H22N4O3/c1-24-15-4-2-3-14(11-15)5-6-19-18(23)16-12-17(21-13-20-16)22-7-9-25-10-8-22/h2-4,11-13H,5-10H2,1H3,(H,19,23). The van der Waals surface area contributed by atoms with E-state index in [-0.39, 0.29) is 5.91 Å². The normalized spacial score (nSPS) is 14.2. The fourth-order valence-electron chi connectivity index (χ4n) is 2.68. The SMILES string of the molecule is COc1cccc(CCNC(=O)c2cc(N3CCOCC3)ncn2)c1. The van der Waals surface area contributed by atoms with E-state index in [2.05, 4.69) is 20.2 Å². The summed E-state index contributed by atoms with van der Waals surface area (Å²) in [4.78, 5) is 22.8. The quantitative estimate of drug-likeness (QED) is 0.853. The number of benzene rings is 1. The van der Waals surface area contributed by atoms with Crippen molar-refractivity contribution in [3.63, 3.8) is 0 Å². The van der Waals surface area contributed by atoms with Crippen molar-refractivity contribution in [3.05, 3.63) is 47.9 Å². The lowest BCUT2D eigenvalue weighted by atomic mass is 10.1. The van der Waals surface area contributed by atoms with E-state index >= 15 is 0 Å². The Morgan fingerprint density at radius 2 is 2.12 bits per heavy atom. The summed E-state index contributed by atoms with van der Waals surface area (Å²) in [5.74, 6) is 1.38.